The third kappa shape index (κ3) is 4.71. The molecule has 0 amide bonds. The molecule has 128 valence electrons. The molecule has 2 unspecified atom stereocenters. The minimum Gasteiger partial charge on any atom is -0.495 e. The van der Waals surface area contributed by atoms with E-state index in [0.717, 1.165) is 17.9 Å². The second-order valence-corrected chi connectivity index (χ2v) is 6.40. The lowest BCUT2D eigenvalue weighted by molar-refractivity contribution is 0.417. The Kier molecular flexibility index (Phi) is 6.62. The zero-order chi connectivity index (χ0) is 17.5. The van der Waals surface area contributed by atoms with Crippen molar-refractivity contribution in [1.29, 1.82) is 0 Å². The zero-order valence-electron chi connectivity index (χ0n) is 14.8. The number of methoxy groups -OCH3 is 1. The fourth-order valence-electron chi connectivity index (χ4n) is 2.54. The highest BCUT2D eigenvalue weighted by Gasteiger charge is 2.10. The normalized spacial score (nSPS) is 13.0. The summed E-state index contributed by atoms with van der Waals surface area (Å²) in [5, 5.41) is 7.10. The van der Waals surface area contributed by atoms with Crippen LogP contribution in [0.5, 0.6) is 5.75 Å². The molecule has 2 aromatic carbocycles. The summed E-state index contributed by atoms with van der Waals surface area (Å²) >= 11 is 5.43. The van der Waals surface area contributed by atoms with E-state index in [-0.39, 0.29) is 6.04 Å². The van der Waals surface area contributed by atoms with Gasteiger partial charge in [0.2, 0.25) is 0 Å². The number of para-hydroxylation sites is 2. The van der Waals surface area contributed by atoms with Crippen LogP contribution in [0.3, 0.4) is 0 Å². The highest BCUT2D eigenvalue weighted by atomic mass is 32.1. The number of nitrogens with one attached hydrogen (secondary N) is 2. The Morgan fingerprint density at radius 1 is 1.04 bits per heavy atom. The first-order chi connectivity index (χ1) is 11.5. The molecule has 0 saturated carbocycles. The third-order valence-electron chi connectivity index (χ3n) is 4.32. The smallest absolute Gasteiger partial charge is 0.171 e. The summed E-state index contributed by atoms with van der Waals surface area (Å²) < 4.78 is 5.33. The molecule has 2 rings (SSSR count). The standard InChI is InChI=1S/C20H26N2OS/c1-5-14(2)16-10-12-17(13-11-16)15(3)21-20(24)22-18-8-6-7-9-19(18)23-4/h6-15H,5H2,1-4H3,(H2,21,22,24). The van der Waals surface area contributed by atoms with Gasteiger partial charge < -0.3 is 15.4 Å². The maximum absolute atomic E-state index is 5.43. The average Bonchev–Trinajstić information content (AvgIpc) is 2.61. The third-order valence-corrected chi connectivity index (χ3v) is 4.54. The summed E-state index contributed by atoms with van der Waals surface area (Å²) in [6.45, 7) is 6.57. The molecular formula is C20H26N2OS. The van der Waals surface area contributed by atoms with Crippen LogP contribution in [0, 0.1) is 0 Å². The van der Waals surface area contributed by atoms with Gasteiger partial charge in [-0.15, -0.1) is 0 Å². The lowest BCUT2D eigenvalue weighted by atomic mass is 9.96. The van der Waals surface area contributed by atoms with Crippen molar-refractivity contribution in [2.45, 2.75) is 39.2 Å². The summed E-state index contributed by atoms with van der Waals surface area (Å²) in [6.07, 6.45) is 1.15. The molecule has 0 aromatic heterocycles. The van der Waals surface area contributed by atoms with Crippen LogP contribution in [-0.2, 0) is 0 Å². The fraction of sp³-hybridized carbons (Fsp3) is 0.350. The lowest BCUT2D eigenvalue weighted by Gasteiger charge is -2.19. The molecule has 4 heteroatoms. The quantitative estimate of drug-likeness (QED) is 0.702. The zero-order valence-corrected chi connectivity index (χ0v) is 15.6. The van der Waals surface area contributed by atoms with Gasteiger partial charge in [-0.2, -0.15) is 0 Å². The van der Waals surface area contributed by atoms with Gasteiger partial charge in [0.25, 0.3) is 0 Å². The van der Waals surface area contributed by atoms with E-state index in [1.54, 1.807) is 7.11 Å². The van der Waals surface area contributed by atoms with E-state index >= 15 is 0 Å². The van der Waals surface area contributed by atoms with E-state index in [0.29, 0.717) is 11.0 Å². The average molecular weight is 343 g/mol. The maximum Gasteiger partial charge on any atom is 0.171 e. The van der Waals surface area contributed by atoms with E-state index in [2.05, 4.69) is 55.7 Å². The highest BCUT2D eigenvalue weighted by Crippen LogP contribution is 2.24. The minimum atomic E-state index is 0.130. The van der Waals surface area contributed by atoms with Gasteiger partial charge in [-0.1, -0.05) is 50.2 Å². The lowest BCUT2D eigenvalue weighted by Crippen LogP contribution is -2.31. The van der Waals surface area contributed by atoms with Gasteiger partial charge in [0.1, 0.15) is 5.75 Å². The number of rotatable bonds is 6. The predicted molar refractivity (Wildman–Crippen MR) is 106 cm³/mol. The van der Waals surface area contributed by atoms with Crippen molar-refractivity contribution in [1.82, 2.24) is 5.32 Å². The Hall–Kier alpha value is -2.07. The number of anilines is 1. The van der Waals surface area contributed by atoms with Crippen molar-refractivity contribution in [3.63, 3.8) is 0 Å². The molecule has 0 heterocycles. The van der Waals surface area contributed by atoms with Crippen molar-refractivity contribution in [2.24, 2.45) is 0 Å². The Morgan fingerprint density at radius 3 is 2.29 bits per heavy atom. The van der Waals surface area contributed by atoms with Crippen LogP contribution in [0.15, 0.2) is 48.5 Å². The molecular weight excluding hydrogens is 316 g/mol. The molecule has 3 nitrogen and oxygen atoms in total. The first kappa shape index (κ1) is 18.3. The summed E-state index contributed by atoms with van der Waals surface area (Å²) in [7, 11) is 1.65. The van der Waals surface area contributed by atoms with E-state index in [1.807, 2.05) is 24.3 Å². The topological polar surface area (TPSA) is 33.3 Å². The maximum atomic E-state index is 5.43. The fourth-order valence-corrected chi connectivity index (χ4v) is 2.82. The number of hydrogen-bond acceptors (Lipinski definition) is 2. The number of benzene rings is 2. The molecule has 0 bridgehead atoms. The van der Waals surface area contributed by atoms with Gasteiger partial charge in [-0.05, 0) is 54.7 Å². The second kappa shape index (κ2) is 8.69. The summed E-state index contributed by atoms with van der Waals surface area (Å²) in [5.74, 6) is 1.36. The first-order valence-electron chi connectivity index (χ1n) is 8.35. The minimum absolute atomic E-state index is 0.130. The van der Waals surface area contributed by atoms with Crippen molar-refractivity contribution in [3.8, 4) is 5.75 Å². The monoisotopic (exact) mass is 342 g/mol. The number of hydrogen-bond donors (Lipinski definition) is 2. The molecule has 0 aliphatic carbocycles. The Labute approximate surface area is 150 Å². The molecule has 2 aromatic rings. The van der Waals surface area contributed by atoms with E-state index in [9.17, 15) is 0 Å². The van der Waals surface area contributed by atoms with Crippen LogP contribution in [0.25, 0.3) is 0 Å². The van der Waals surface area contributed by atoms with Gasteiger partial charge in [-0.25, -0.2) is 0 Å². The molecule has 0 saturated heterocycles. The van der Waals surface area contributed by atoms with Gasteiger partial charge >= 0.3 is 0 Å². The molecule has 2 N–H and O–H groups in total. The number of ether oxygens (including phenoxy) is 1. The van der Waals surface area contributed by atoms with Crippen molar-refractivity contribution >= 4 is 23.0 Å². The predicted octanol–water partition coefficient (Wildman–Crippen LogP) is 5.26. The second-order valence-electron chi connectivity index (χ2n) is 6.00. The summed E-state index contributed by atoms with van der Waals surface area (Å²) in [6, 6.07) is 16.6. The van der Waals surface area contributed by atoms with Crippen LogP contribution >= 0.6 is 12.2 Å². The first-order valence-corrected chi connectivity index (χ1v) is 8.76. The van der Waals surface area contributed by atoms with Gasteiger partial charge in [0, 0.05) is 0 Å². The van der Waals surface area contributed by atoms with E-state index < -0.39 is 0 Å². The highest BCUT2D eigenvalue weighted by molar-refractivity contribution is 7.80. The molecule has 0 aliphatic heterocycles. The van der Waals surface area contributed by atoms with E-state index in [1.165, 1.54) is 11.1 Å². The molecule has 0 spiro atoms. The SMILES string of the molecule is CCC(C)c1ccc(C(C)NC(=S)Nc2ccccc2OC)cc1. The molecule has 0 fully saturated rings. The van der Waals surface area contributed by atoms with E-state index in [4.69, 9.17) is 17.0 Å². The molecule has 0 aliphatic rings. The Bertz CT molecular complexity index is 670. The summed E-state index contributed by atoms with van der Waals surface area (Å²) in [4.78, 5) is 0. The van der Waals surface area contributed by atoms with Crippen LogP contribution in [0.2, 0.25) is 0 Å². The molecule has 0 radical (unpaired) electrons. The largest absolute Gasteiger partial charge is 0.495 e. The Balaban J connectivity index is 1.98. The van der Waals surface area contributed by atoms with Crippen LogP contribution in [0.1, 0.15) is 50.3 Å². The van der Waals surface area contributed by atoms with Crippen molar-refractivity contribution in [3.05, 3.63) is 59.7 Å². The molecule has 2 atom stereocenters. The van der Waals surface area contributed by atoms with Gasteiger partial charge in [0.05, 0.1) is 18.8 Å². The number of thiocarbonyl (C=S) groups is 1. The molecule has 24 heavy (non-hydrogen) atoms. The van der Waals surface area contributed by atoms with Crippen LogP contribution in [-0.4, -0.2) is 12.2 Å². The Morgan fingerprint density at radius 2 is 1.67 bits per heavy atom. The van der Waals surface area contributed by atoms with Gasteiger partial charge in [0.15, 0.2) is 5.11 Å². The van der Waals surface area contributed by atoms with Crippen LogP contribution < -0.4 is 15.4 Å². The summed E-state index contributed by atoms with van der Waals surface area (Å²) in [5.41, 5.74) is 3.45. The van der Waals surface area contributed by atoms with Crippen molar-refractivity contribution < 1.29 is 4.74 Å². The van der Waals surface area contributed by atoms with Crippen molar-refractivity contribution in [2.75, 3.05) is 12.4 Å². The van der Waals surface area contributed by atoms with Crippen LogP contribution in [0.4, 0.5) is 5.69 Å². The van der Waals surface area contributed by atoms with Gasteiger partial charge in [-0.3, -0.25) is 0 Å².